The zero-order valence-electron chi connectivity index (χ0n) is 20.0. The summed E-state index contributed by atoms with van der Waals surface area (Å²) in [4.78, 5) is 2.60. The van der Waals surface area contributed by atoms with Crippen LogP contribution < -0.4 is 4.74 Å². The Morgan fingerprint density at radius 3 is 2.24 bits per heavy atom. The summed E-state index contributed by atoms with van der Waals surface area (Å²) < 4.78 is 12.9. The van der Waals surface area contributed by atoms with E-state index >= 15 is 0 Å². The van der Waals surface area contributed by atoms with Crippen molar-refractivity contribution in [3.05, 3.63) is 101 Å². The highest BCUT2D eigenvalue weighted by atomic mass is 35.5. The van der Waals surface area contributed by atoms with Crippen molar-refractivity contribution in [3.8, 4) is 5.75 Å². The molecule has 0 saturated carbocycles. The van der Waals surface area contributed by atoms with Gasteiger partial charge in [-0.15, -0.1) is 0 Å². The average Bonchev–Trinajstić information content (AvgIpc) is 3.00. The molecule has 2 heterocycles. The van der Waals surface area contributed by atoms with Gasteiger partial charge in [0.1, 0.15) is 17.5 Å². The van der Waals surface area contributed by atoms with E-state index in [0.29, 0.717) is 12.5 Å². The molecule has 5 rings (SSSR count). The van der Waals surface area contributed by atoms with Gasteiger partial charge in [-0.1, -0.05) is 72.3 Å². The third-order valence-electron chi connectivity index (χ3n) is 7.66. The number of likely N-dealkylation sites (tertiary alicyclic amines) is 1. The second-order valence-electron chi connectivity index (χ2n) is 9.72. The second-order valence-corrected chi connectivity index (χ2v) is 10.2. The van der Waals surface area contributed by atoms with Crippen molar-refractivity contribution in [1.29, 1.82) is 0 Å². The van der Waals surface area contributed by atoms with Gasteiger partial charge in [0, 0.05) is 29.6 Å². The van der Waals surface area contributed by atoms with Crippen LogP contribution in [0.5, 0.6) is 5.75 Å². The van der Waals surface area contributed by atoms with Gasteiger partial charge in [-0.3, -0.25) is 0 Å². The molecule has 178 valence electrons. The topological polar surface area (TPSA) is 21.7 Å². The van der Waals surface area contributed by atoms with Crippen molar-refractivity contribution in [3.63, 3.8) is 0 Å². The summed E-state index contributed by atoms with van der Waals surface area (Å²) in [7, 11) is 0. The van der Waals surface area contributed by atoms with E-state index in [1.54, 1.807) is 0 Å². The van der Waals surface area contributed by atoms with Crippen LogP contribution in [0.3, 0.4) is 0 Å². The van der Waals surface area contributed by atoms with Crippen molar-refractivity contribution >= 4 is 11.6 Å². The minimum atomic E-state index is -0.224. The monoisotopic (exact) mass is 475 g/mol. The molecule has 1 fully saturated rings. The molecule has 34 heavy (non-hydrogen) atoms. The Kier molecular flexibility index (Phi) is 7.24. The summed E-state index contributed by atoms with van der Waals surface area (Å²) in [5.41, 5.74) is 3.64. The van der Waals surface area contributed by atoms with Gasteiger partial charge in [0.25, 0.3) is 0 Å². The minimum Gasteiger partial charge on any atom is -0.487 e. The van der Waals surface area contributed by atoms with Crippen LogP contribution in [0.1, 0.15) is 55.2 Å². The fraction of sp³-hybridized carbons (Fsp3) is 0.400. The third kappa shape index (κ3) is 5.17. The molecule has 0 radical (unpaired) electrons. The van der Waals surface area contributed by atoms with E-state index in [1.165, 1.54) is 17.5 Å². The molecule has 1 spiro atoms. The number of ether oxygens (including phenoxy) is 2. The van der Waals surface area contributed by atoms with Crippen molar-refractivity contribution in [1.82, 2.24) is 4.90 Å². The summed E-state index contributed by atoms with van der Waals surface area (Å²) >= 11 is 6.19. The molecule has 3 aromatic carbocycles. The molecular formula is C30H34ClNO2. The van der Waals surface area contributed by atoms with Gasteiger partial charge in [0.2, 0.25) is 0 Å². The highest BCUT2D eigenvalue weighted by Crippen LogP contribution is 2.39. The van der Waals surface area contributed by atoms with Crippen molar-refractivity contribution in [2.75, 3.05) is 19.6 Å². The van der Waals surface area contributed by atoms with Gasteiger partial charge in [-0.25, -0.2) is 0 Å². The van der Waals surface area contributed by atoms with Crippen LogP contribution in [0, 0.1) is 0 Å². The van der Waals surface area contributed by atoms with Gasteiger partial charge >= 0.3 is 0 Å². The fourth-order valence-electron chi connectivity index (χ4n) is 5.53. The Bertz CT molecular complexity index is 1020. The zero-order chi connectivity index (χ0) is 23.4. The Morgan fingerprint density at radius 1 is 0.941 bits per heavy atom. The molecule has 4 heteroatoms. The number of piperidine rings is 1. The molecule has 3 aromatic rings. The number of nitrogens with zero attached hydrogens (tertiary/aromatic N) is 1. The highest BCUT2D eigenvalue weighted by Gasteiger charge is 2.43. The van der Waals surface area contributed by atoms with Crippen LogP contribution in [-0.4, -0.2) is 36.2 Å². The van der Waals surface area contributed by atoms with E-state index in [9.17, 15) is 0 Å². The van der Waals surface area contributed by atoms with E-state index in [4.69, 9.17) is 21.1 Å². The Hall–Kier alpha value is -2.33. The third-order valence-corrected chi connectivity index (χ3v) is 7.89. The first-order valence-corrected chi connectivity index (χ1v) is 12.9. The smallest absolute Gasteiger partial charge is 0.125 e. The summed E-state index contributed by atoms with van der Waals surface area (Å²) in [6.45, 7) is 5.94. The molecule has 0 aliphatic carbocycles. The molecule has 0 N–H and O–H groups in total. The van der Waals surface area contributed by atoms with Crippen LogP contribution in [-0.2, 0) is 11.3 Å². The minimum absolute atomic E-state index is 0.0256. The molecule has 3 nitrogen and oxygen atoms in total. The molecule has 1 saturated heterocycles. The molecule has 2 aliphatic rings. The van der Waals surface area contributed by atoms with Crippen LogP contribution in [0.4, 0.5) is 0 Å². The molecule has 1 unspecified atom stereocenters. The van der Waals surface area contributed by atoms with Crippen LogP contribution in [0.2, 0.25) is 5.02 Å². The number of rotatable bonds is 6. The van der Waals surface area contributed by atoms with Gasteiger partial charge < -0.3 is 14.4 Å². The number of hydrogen-bond acceptors (Lipinski definition) is 3. The fourth-order valence-corrected chi connectivity index (χ4v) is 5.73. The lowest BCUT2D eigenvalue weighted by Crippen LogP contribution is -2.53. The maximum Gasteiger partial charge on any atom is 0.125 e. The maximum atomic E-state index is 6.52. The van der Waals surface area contributed by atoms with Crippen LogP contribution in [0.15, 0.2) is 78.9 Å². The number of fused-ring (bicyclic) bond motifs is 1. The van der Waals surface area contributed by atoms with Crippen LogP contribution >= 0.6 is 11.6 Å². The Morgan fingerprint density at radius 2 is 1.59 bits per heavy atom. The second kappa shape index (κ2) is 10.5. The first-order valence-electron chi connectivity index (χ1n) is 12.5. The van der Waals surface area contributed by atoms with Crippen molar-refractivity contribution < 1.29 is 9.47 Å². The molecule has 0 bridgehead atoms. The van der Waals surface area contributed by atoms with E-state index in [1.807, 2.05) is 18.2 Å². The average molecular weight is 476 g/mol. The van der Waals surface area contributed by atoms with Crippen LogP contribution in [0.25, 0.3) is 0 Å². The molecule has 0 amide bonds. The van der Waals surface area contributed by atoms with Gasteiger partial charge in [0.15, 0.2) is 0 Å². The normalized spacial score (nSPS) is 20.0. The predicted octanol–water partition coefficient (Wildman–Crippen LogP) is 7.08. The molecule has 1 atom stereocenters. The number of benzene rings is 3. The lowest BCUT2D eigenvalue weighted by molar-refractivity contribution is -0.136. The van der Waals surface area contributed by atoms with E-state index < -0.39 is 0 Å². The molecule has 0 aromatic heterocycles. The summed E-state index contributed by atoms with van der Waals surface area (Å²) in [5.74, 6) is 1.35. The zero-order valence-corrected chi connectivity index (χ0v) is 20.7. The maximum absolute atomic E-state index is 6.52. The van der Waals surface area contributed by atoms with E-state index in [-0.39, 0.29) is 11.7 Å². The summed E-state index contributed by atoms with van der Waals surface area (Å²) in [5, 5.41) is 0.730. The molecular weight excluding hydrogens is 442 g/mol. The van der Waals surface area contributed by atoms with Crippen molar-refractivity contribution in [2.24, 2.45) is 0 Å². The van der Waals surface area contributed by atoms with E-state index in [2.05, 4.69) is 72.5 Å². The largest absolute Gasteiger partial charge is 0.487 e. The number of hydrogen-bond donors (Lipinski definition) is 0. The Balaban J connectivity index is 1.17. The lowest BCUT2D eigenvalue weighted by atomic mass is 9.85. The van der Waals surface area contributed by atoms with E-state index in [0.717, 1.165) is 55.2 Å². The van der Waals surface area contributed by atoms with Crippen molar-refractivity contribution in [2.45, 2.75) is 56.8 Å². The predicted molar refractivity (Wildman–Crippen MR) is 139 cm³/mol. The first-order chi connectivity index (χ1) is 16.6. The standard InChI is InChI=1S/C30H34ClNO2/c1-23-30(33-22-26-21-27(31)14-15-29(26)34-23)16-19-32(20-17-30)18-8-13-28(24-9-4-2-5-10-24)25-11-6-3-7-12-25/h2-7,9-12,14-15,21,23,28H,8,13,16-20,22H2,1H3. The Labute approximate surface area is 208 Å². The first kappa shape index (κ1) is 23.4. The summed E-state index contributed by atoms with van der Waals surface area (Å²) in [6.07, 6.45) is 4.35. The lowest BCUT2D eigenvalue weighted by Gasteiger charge is -2.43. The van der Waals surface area contributed by atoms with Gasteiger partial charge in [-0.2, -0.15) is 0 Å². The van der Waals surface area contributed by atoms with Gasteiger partial charge in [-0.05, 0) is 68.5 Å². The molecule has 2 aliphatic heterocycles. The van der Waals surface area contributed by atoms with Gasteiger partial charge in [0.05, 0.1) is 6.61 Å². The summed E-state index contributed by atoms with van der Waals surface area (Å²) in [6, 6.07) is 27.7. The SMILES string of the molecule is CC1Oc2ccc(Cl)cc2COC12CCN(CCCC(c1ccccc1)c1ccccc1)CC2. The number of halogens is 1. The quantitative estimate of drug-likeness (QED) is 0.380. The highest BCUT2D eigenvalue weighted by molar-refractivity contribution is 6.30.